The number of aromatic nitrogens is 3. The number of ketones is 1. The molecule has 0 unspecified atom stereocenters. The van der Waals surface area contributed by atoms with Crippen LogP contribution in [0.1, 0.15) is 35.1 Å². The van der Waals surface area contributed by atoms with Gasteiger partial charge in [0.25, 0.3) is 0 Å². The van der Waals surface area contributed by atoms with Crippen LogP contribution in [0.5, 0.6) is 5.88 Å². The molecule has 0 aliphatic carbocycles. The summed E-state index contributed by atoms with van der Waals surface area (Å²) in [6, 6.07) is 3.68. The first-order valence-electron chi connectivity index (χ1n) is 8.48. The fourth-order valence-corrected chi connectivity index (χ4v) is 3.68. The Balaban J connectivity index is 1.72. The van der Waals surface area contributed by atoms with Crippen LogP contribution in [-0.2, 0) is 12.0 Å². The minimum Gasteiger partial charge on any atom is -0.474 e. The summed E-state index contributed by atoms with van der Waals surface area (Å²) in [4.78, 5) is 29.5. The maximum Gasteiger partial charge on any atom is 0.232 e. The molecule has 0 saturated heterocycles. The van der Waals surface area contributed by atoms with Crippen LogP contribution in [0.4, 0.5) is 4.39 Å². The quantitative estimate of drug-likeness (QED) is 0.725. The standard InChI is InChI=1S/C18H20FN5O2S/c1-18(3-7-27-17(20)24-18)15-9-12(2-5-21-15)8-14(25)13-10-23-16(11-22-13)26-6-4-19/h2,5,9-11H,3-4,6-8H2,1H3,(H2,20,24)/t18-/m0/s1. The normalized spacial score (nSPS) is 19.4. The monoisotopic (exact) mass is 389 g/mol. The number of rotatable bonds is 7. The molecule has 0 aromatic carbocycles. The number of hydrogen-bond donors (Lipinski definition) is 1. The number of ether oxygens (including phenoxy) is 1. The lowest BCUT2D eigenvalue weighted by molar-refractivity contribution is 0.0987. The predicted molar refractivity (Wildman–Crippen MR) is 102 cm³/mol. The number of hydrogen-bond acceptors (Lipinski definition) is 8. The molecule has 0 bridgehead atoms. The van der Waals surface area contributed by atoms with Gasteiger partial charge in [-0.15, -0.1) is 0 Å². The van der Waals surface area contributed by atoms with E-state index in [1.165, 1.54) is 24.2 Å². The zero-order valence-corrected chi connectivity index (χ0v) is 15.7. The van der Waals surface area contributed by atoms with Gasteiger partial charge in [-0.25, -0.2) is 19.4 Å². The molecule has 1 aliphatic heterocycles. The van der Waals surface area contributed by atoms with Crippen molar-refractivity contribution in [2.75, 3.05) is 19.0 Å². The summed E-state index contributed by atoms with van der Waals surface area (Å²) in [5, 5.41) is 0.553. The molecule has 2 aromatic rings. The van der Waals surface area contributed by atoms with Crippen molar-refractivity contribution in [3.05, 3.63) is 47.7 Å². The molecule has 2 N–H and O–H groups in total. The summed E-state index contributed by atoms with van der Waals surface area (Å²) in [7, 11) is 0. The Bertz CT molecular complexity index is 846. The van der Waals surface area contributed by atoms with Crippen molar-refractivity contribution >= 4 is 22.7 Å². The zero-order chi connectivity index (χ0) is 19.3. The molecule has 142 valence electrons. The van der Waals surface area contributed by atoms with Crippen LogP contribution >= 0.6 is 11.8 Å². The number of carbonyl (C=O) groups excluding carboxylic acids is 1. The Morgan fingerprint density at radius 1 is 1.37 bits per heavy atom. The number of alkyl halides is 1. The van der Waals surface area contributed by atoms with E-state index in [-0.39, 0.29) is 30.4 Å². The number of halogens is 1. The van der Waals surface area contributed by atoms with Crippen LogP contribution in [0.2, 0.25) is 0 Å². The number of Topliss-reactive ketones (excluding diaryl/α,β-unsaturated/α-hetero) is 1. The Kier molecular flexibility index (Phi) is 6.00. The molecule has 0 amide bonds. The van der Waals surface area contributed by atoms with E-state index in [1.54, 1.807) is 12.3 Å². The fraction of sp³-hybridized carbons (Fsp3) is 0.389. The van der Waals surface area contributed by atoms with Gasteiger partial charge in [-0.05, 0) is 31.0 Å². The second-order valence-electron chi connectivity index (χ2n) is 6.25. The van der Waals surface area contributed by atoms with E-state index in [0.29, 0.717) is 5.17 Å². The molecule has 0 radical (unpaired) electrons. The highest BCUT2D eigenvalue weighted by Crippen LogP contribution is 2.34. The van der Waals surface area contributed by atoms with Crippen molar-refractivity contribution in [3.8, 4) is 5.88 Å². The predicted octanol–water partition coefficient (Wildman–Crippen LogP) is 2.31. The number of thioether (sulfide) groups is 1. The second kappa shape index (κ2) is 8.43. The highest BCUT2D eigenvalue weighted by Gasteiger charge is 2.31. The van der Waals surface area contributed by atoms with E-state index in [0.717, 1.165) is 23.4 Å². The SMILES string of the molecule is C[C@@]1(c2cc(CC(=O)c3cnc(OCCF)cn3)ccn2)CCSC(N)=N1. The van der Waals surface area contributed by atoms with Gasteiger partial charge in [0.1, 0.15) is 24.5 Å². The number of nitrogens with zero attached hydrogens (tertiary/aromatic N) is 4. The zero-order valence-electron chi connectivity index (χ0n) is 14.9. The van der Waals surface area contributed by atoms with Gasteiger partial charge in [0.15, 0.2) is 11.0 Å². The second-order valence-corrected chi connectivity index (χ2v) is 7.36. The highest BCUT2D eigenvalue weighted by atomic mass is 32.2. The van der Waals surface area contributed by atoms with Gasteiger partial charge < -0.3 is 10.5 Å². The van der Waals surface area contributed by atoms with E-state index in [1.807, 2.05) is 13.0 Å². The van der Waals surface area contributed by atoms with Gasteiger partial charge in [-0.3, -0.25) is 9.78 Å². The van der Waals surface area contributed by atoms with E-state index >= 15 is 0 Å². The number of amidine groups is 1. The van der Waals surface area contributed by atoms with Gasteiger partial charge in [0, 0.05) is 18.4 Å². The molecule has 2 aromatic heterocycles. The molecule has 1 atom stereocenters. The van der Waals surface area contributed by atoms with Crippen molar-refractivity contribution in [1.82, 2.24) is 15.0 Å². The summed E-state index contributed by atoms with van der Waals surface area (Å²) in [5.41, 5.74) is 7.22. The number of pyridine rings is 1. The lowest BCUT2D eigenvalue weighted by Crippen LogP contribution is -2.29. The first-order chi connectivity index (χ1) is 13.0. The van der Waals surface area contributed by atoms with E-state index in [4.69, 9.17) is 10.5 Å². The van der Waals surface area contributed by atoms with Crippen molar-refractivity contribution < 1.29 is 13.9 Å². The van der Waals surface area contributed by atoms with E-state index in [2.05, 4.69) is 19.9 Å². The number of nitrogens with two attached hydrogens (primary N) is 1. The molecule has 9 heteroatoms. The van der Waals surface area contributed by atoms with E-state index < -0.39 is 12.2 Å². The lowest BCUT2D eigenvalue weighted by atomic mass is 9.93. The molecule has 0 saturated carbocycles. The van der Waals surface area contributed by atoms with E-state index in [9.17, 15) is 9.18 Å². The average molecular weight is 389 g/mol. The Labute approximate surface area is 160 Å². The molecule has 3 heterocycles. The first-order valence-corrected chi connectivity index (χ1v) is 9.46. The van der Waals surface area contributed by atoms with Gasteiger partial charge in [-0.2, -0.15) is 0 Å². The Morgan fingerprint density at radius 3 is 2.93 bits per heavy atom. The number of carbonyl (C=O) groups is 1. The van der Waals surface area contributed by atoms with Gasteiger partial charge in [0.2, 0.25) is 5.88 Å². The van der Waals surface area contributed by atoms with Crippen molar-refractivity contribution in [3.63, 3.8) is 0 Å². The van der Waals surface area contributed by atoms with Crippen molar-refractivity contribution in [2.45, 2.75) is 25.3 Å². The summed E-state index contributed by atoms with van der Waals surface area (Å²) < 4.78 is 17.1. The molecule has 27 heavy (non-hydrogen) atoms. The molecular formula is C18H20FN5O2S. The maximum absolute atomic E-state index is 12.5. The van der Waals surface area contributed by atoms with Crippen molar-refractivity contribution in [2.24, 2.45) is 10.7 Å². The minimum absolute atomic E-state index is 0.0912. The van der Waals surface area contributed by atoms with Crippen LogP contribution in [0.15, 0.2) is 35.7 Å². The minimum atomic E-state index is -0.611. The van der Waals surface area contributed by atoms with Crippen LogP contribution < -0.4 is 10.5 Å². The average Bonchev–Trinajstić information content (AvgIpc) is 2.67. The molecular weight excluding hydrogens is 369 g/mol. The van der Waals surface area contributed by atoms with Crippen LogP contribution in [-0.4, -0.2) is 44.9 Å². The molecule has 3 rings (SSSR count). The topological polar surface area (TPSA) is 103 Å². The highest BCUT2D eigenvalue weighted by molar-refractivity contribution is 8.13. The summed E-state index contributed by atoms with van der Waals surface area (Å²) in [6.07, 6.45) is 5.32. The summed E-state index contributed by atoms with van der Waals surface area (Å²) >= 11 is 1.53. The number of aliphatic imine (C=N–C) groups is 1. The molecule has 0 fully saturated rings. The summed E-state index contributed by atoms with van der Waals surface area (Å²) in [5.74, 6) is 0.890. The largest absolute Gasteiger partial charge is 0.474 e. The Morgan fingerprint density at radius 2 is 2.22 bits per heavy atom. The smallest absolute Gasteiger partial charge is 0.232 e. The van der Waals surface area contributed by atoms with Crippen LogP contribution in [0.25, 0.3) is 0 Å². The van der Waals surface area contributed by atoms with Gasteiger partial charge >= 0.3 is 0 Å². The third kappa shape index (κ3) is 4.79. The third-order valence-electron chi connectivity index (χ3n) is 4.18. The van der Waals surface area contributed by atoms with Crippen LogP contribution in [0.3, 0.4) is 0 Å². The van der Waals surface area contributed by atoms with Gasteiger partial charge in [-0.1, -0.05) is 11.8 Å². The van der Waals surface area contributed by atoms with Crippen LogP contribution in [0, 0.1) is 0 Å². The molecule has 7 nitrogen and oxygen atoms in total. The molecule has 0 spiro atoms. The fourth-order valence-electron chi connectivity index (χ4n) is 2.70. The summed E-state index contributed by atoms with van der Waals surface area (Å²) in [6.45, 7) is 1.29. The van der Waals surface area contributed by atoms with Gasteiger partial charge in [0.05, 0.1) is 18.1 Å². The third-order valence-corrected chi connectivity index (χ3v) is 4.97. The maximum atomic E-state index is 12.5. The first kappa shape index (κ1) is 19.2. The lowest BCUT2D eigenvalue weighted by Gasteiger charge is -2.28. The molecule has 1 aliphatic rings. The van der Waals surface area contributed by atoms with Crippen molar-refractivity contribution in [1.29, 1.82) is 0 Å². The Hall–Kier alpha value is -2.55.